The molecular weight excluding hydrogens is 550 g/mol. The van der Waals surface area contributed by atoms with Gasteiger partial charge in [0.25, 0.3) is 0 Å². The molecule has 0 saturated carbocycles. The maximum absolute atomic E-state index is 6.61. The van der Waals surface area contributed by atoms with Gasteiger partial charge in [-0.05, 0) is 68.6 Å². The van der Waals surface area contributed by atoms with Gasteiger partial charge in [-0.15, -0.1) is 0 Å². The van der Waals surface area contributed by atoms with E-state index in [1.165, 1.54) is 10.8 Å². The monoisotopic (exact) mass is 577 g/mol. The van der Waals surface area contributed by atoms with Crippen LogP contribution in [0.4, 0.5) is 0 Å². The van der Waals surface area contributed by atoms with Crippen molar-refractivity contribution in [2.75, 3.05) is 0 Å². The zero-order valence-electron chi connectivity index (χ0n) is 24.3. The number of fused-ring (bicyclic) bond motifs is 5. The van der Waals surface area contributed by atoms with E-state index in [0.29, 0.717) is 5.84 Å². The summed E-state index contributed by atoms with van der Waals surface area (Å²) < 4.78 is 6.61. The van der Waals surface area contributed by atoms with Gasteiger partial charge in [0.1, 0.15) is 23.2 Å². The minimum absolute atomic E-state index is 0.311. The quantitative estimate of drug-likeness (QED) is 0.226. The summed E-state index contributed by atoms with van der Waals surface area (Å²) in [5, 5.41) is 10.5. The first-order chi connectivity index (χ1) is 22.3. The second-order valence-corrected chi connectivity index (χ2v) is 11.5. The van der Waals surface area contributed by atoms with Crippen molar-refractivity contribution in [1.82, 2.24) is 5.32 Å². The molecule has 0 spiro atoms. The van der Waals surface area contributed by atoms with Gasteiger partial charge in [0, 0.05) is 21.9 Å². The maximum atomic E-state index is 6.61. The summed E-state index contributed by atoms with van der Waals surface area (Å²) in [6, 6.07) is 52.8. The van der Waals surface area contributed by atoms with E-state index in [4.69, 9.17) is 14.4 Å². The Morgan fingerprint density at radius 2 is 1.18 bits per heavy atom. The molecule has 2 heterocycles. The Balaban J connectivity index is 1.31. The Bertz CT molecular complexity index is 2460. The van der Waals surface area contributed by atoms with E-state index < -0.39 is 0 Å². The van der Waals surface area contributed by atoms with Gasteiger partial charge in [0.15, 0.2) is 5.84 Å². The van der Waals surface area contributed by atoms with Crippen molar-refractivity contribution in [1.29, 1.82) is 0 Å². The number of benzene rings is 7. The molecule has 7 aromatic carbocycles. The fourth-order valence-electron chi connectivity index (χ4n) is 6.43. The third-order valence-electron chi connectivity index (χ3n) is 8.67. The van der Waals surface area contributed by atoms with Crippen LogP contribution in [0.25, 0.3) is 54.6 Å². The van der Waals surface area contributed by atoms with Gasteiger partial charge in [-0.3, -0.25) is 0 Å². The lowest BCUT2D eigenvalue weighted by Crippen LogP contribution is -2.33. The van der Waals surface area contributed by atoms with Gasteiger partial charge in [0.2, 0.25) is 0 Å². The molecule has 0 bridgehead atoms. The third kappa shape index (κ3) is 4.47. The third-order valence-corrected chi connectivity index (χ3v) is 8.67. The molecule has 9 rings (SSSR count). The average molecular weight is 578 g/mol. The molecule has 0 amide bonds. The molecular formula is C41H27N3O. The number of nitrogens with zero attached hydrogens (tertiary/aromatic N) is 2. The Morgan fingerprint density at radius 3 is 1.96 bits per heavy atom. The van der Waals surface area contributed by atoms with Gasteiger partial charge >= 0.3 is 0 Å². The molecule has 0 fully saturated rings. The standard InChI is InChI=1S/C41H27N3O/c1-3-11-26(12-4-1)33-23-35(38-34-22-30-17-9-10-18-31(30)24-36(34)45-37(38)25-33)41-43-39(28-14-5-2-6-15-28)42-40(44-41)32-20-19-27-13-7-8-16-29(27)21-32/h1-25,39H,(H,42,43,44). The fourth-order valence-corrected chi connectivity index (χ4v) is 6.43. The van der Waals surface area contributed by atoms with Gasteiger partial charge in [0.05, 0.1) is 0 Å². The lowest BCUT2D eigenvalue weighted by molar-refractivity contribution is 0.668. The van der Waals surface area contributed by atoms with Crippen molar-refractivity contribution < 1.29 is 4.42 Å². The largest absolute Gasteiger partial charge is 0.456 e. The molecule has 1 aliphatic rings. The summed E-state index contributed by atoms with van der Waals surface area (Å²) in [5.74, 6) is 1.46. The van der Waals surface area contributed by atoms with E-state index >= 15 is 0 Å². The van der Waals surface area contributed by atoms with Crippen LogP contribution in [0.2, 0.25) is 0 Å². The van der Waals surface area contributed by atoms with Crippen LogP contribution < -0.4 is 5.32 Å². The number of furan rings is 1. The molecule has 0 radical (unpaired) electrons. The number of amidine groups is 2. The minimum atomic E-state index is -0.311. The lowest BCUT2D eigenvalue weighted by atomic mass is 9.96. The molecule has 212 valence electrons. The molecule has 1 atom stereocenters. The summed E-state index contributed by atoms with van der Waals surface area (Å²) in [5.41, 5.74) is 6.90. The molecule has 4 nitrogen and oxygen atoms in total. The number of nitrogens with one attached hydrogen (secondary N) is 1. The average Bonchev–Trinajstić information content (AvgIpc) is 3.47. The Hall–Kier alpha value is -6.00. The first-order valence-corrected chi connectivity index (χ1v) is 15.2. The summed E-state index contributed by atoms with van der Waals surface area (Å²) in [6.07, 6.45) is -0.311. The highest BCUT2D eigenvalue weighted by atomic mass is 16.3. The van der Waals surface area contributed by atoms with Crippen LogP contribution in [0.3, 0.4) is 0 Å². The predicted molar refractivity (Wildman–Crippen MR) is 186 cm³/mol. The highest BCUT2D eigenvalue weighted by Gasteiger charge is 2.25. The number of hydrogen-bond acceptors (Lipinski definition) is 4. The van der Waals surface area contributed by atoms with Crippen molar-refractivity contribution in [3.63, 3.8) is 0 Å². The lowest BCUT2D eigenvalue weighted by Gasteiger charge is -2.24. The van der Waals surface area contributed by atoms with Crippen LogP contribution in [0.15, 0.2) is 166 Å². The van der Waals surface area contributed by atoms with Crippen LogP contribution >= 0.6 is 0 Å². The molecule has 1 aliphatic heterocycles. The number of rotatable bonds is 4. The highest BCUT2D eigenvalue weighted by molar-refractivity contribution is 6.23. The molecule has 8 aromatic rings. The summed E-state index contributed by atoms with van der Waals surface area (Å²) in [4.78, 5) is 10.4. The number of hydrogen-bond donors (Lipinski definition) is 1. The van der Waals surface area contributed by atoms with E-state index in [9.17, 15) is 0 Å². The van der Waals surface area contributed by atoms with Gasteiger partial charge in [-0.1, -0.05) is 121 Å². The summed E-state index contributed by atoms with van der Waals surface area (Å²) in [7, 11) is 0. The first kappa shape index (κ1) is 25.5. The Kier molecular flexibility index (Phi) is 5.85. The molecule has 0 aliphatic carbocycles. The minimum Gasteiger partial charge on any atom is -0.456 e. The van der Waals surface area contributed by atoms with Crippen LogP contribution in [0, 0.1) is 0 Å². The SMILES string of the molecule is c1ccc(-c2cc(C3=NC(c4ccc5ccccc5c4)=NC(c4ccccc4)N3)c3c(c2)oc2cc4ccccc4cc23)cc1. The van der Waals surface area contributed by atoms with Crippen LogP contribution in [-0.2, 0) is 0 Å². The van der Waals surface area contributed by atoms with Crippen LogP contribution in [-0.4, -0.2) is 11.7 Å². The molecule has 1 aromatic heterocycles. The smallest absolute Gasteiger partial charge is 0.159 e. The molecule has 0 saturated heterocycles. The van der Waals surface area contributed by atoms with Crippen LogP contribution in [0.5, 0.6) is 0 Å². The second-order valence-electron chi connectivity index (χ2n) is 11.5. The van der Waals surface area contributed by atoms with E-state index in [2.05, 4.69) is 145 Å². The summed E-state index contributed by atoms with van der Waals surface area (Å²) >= 11 is 0. The fraction of sp³-hybridized carbons (Fsp3) is 0.0244. The normalized spacial score (nSPS) is 14.9. The van der Waals surface area contributed by atoms with E-state index in [1.807, 2.05) is 12.1 Å². The second kappa shape index (κ2) is 10.3. The molecule has 45 heavy (non-hydrogen) atoms. The van der Waals surface area contributed by atoms with E-state index in [-0.39, 0.29) is 6.17 Å². The Labute approximate surface area is 260 Å². The predicted octanol–water partition coefficient (Wildman–Crippen LogP) is 10.1. The number of aliphatic imine (C=N–C) groups is 2. The topological polar surface area (TPSA) is 49.9 Å². The maximum Gasteiger partial charge on any atom is 0.159 e. The van der Waals surface area contributed by atoms with Crippen molar-refractivity contribution >= 4 is 55.2 Å². The molecule has 1 unspecified atom stereocenters. The highest BCUT2D eigenvalue weighted by Crippen LogP contribution is 2.38. The van der Waals surface area contributed by atoms with E-state index in [0.717, 1.165) is 66.4 Å². The van der Waals surface area contributed by atoms with Gasteiger partial charge in [-0.25, -0.2) is 9.98 Å². The summed E-state index contributed by atoms with van der Waals surface area (Å²) in [6.45, 7) is 0. The van der Waals surface area contributed by atoms with Crippen molar-refractivity contribution in [2.24, 2.45) is 9.98 Å². The van der Waals surface area contributed by atoms with Gasteiger partial charge in [-0.2, -0.15) is 0 Å². The van der Waals surface area contributed by atoms with Crippen molar-refractivity contribution in [3.8, 4) is 11.1 Å². The first-order valence-electron chi connectivity index (χ1n) is 15.2. The van der Waals surface area contributed by atoms with Crippen molar-refractivity contribution in [2.45, 2.75) is 6.17 Å². The molecule has 4 heteroatoms. The zero-order valence-corrected chi connectivity index (χ0v) is 24.3. The van der Waals surface area contributed by atoms with E-state index in [1.54, 1.807) is 0 Å². The van der Waals surface area contributed by atoms with Gasteiger partial charge < -0.3 is 9.73 Å². The zero-order chi connectivity index (χ0) is 29.7. The molecule has 1 N–H and O–H groups in total. The van der Waals surface area contributed by atoms with Crippen LogP contribution in [0.1, 0.15) is 22.9 Å². The van der Waals surface area contributed by atoms with Crippen molar-refractivity contribution in [3.05, 3.63) is 168 Å². The Morgan fingerprint density at radius 1 is 0.511 bits per heavy atom.